The summed E-state index contributed by atoms with van der Waals surface area (Å²) >= 11 is 0. The van der Waals surface area contributed by atoms with Gasteiger partial charge in [0.2, 0.25) is 0 Å². The molecule has 4 nitrogen and oxygen atoms in total. The van der Waals surface area contributed by atoms with E-state index in [2.05, 4.69) is 298 Å². The van der Waals surface area contributed by atoms with Crippen molar-refractivity contribution >= 4 is 77.7 Å². The first-order chi connectivity index (χ1) is 34.7. The number of aromatic nitrogens is 2. The highest BCUT2D eigenvalue weighted by Crippen LogP contribution is 2.43. The minimum absolute atomic E-state index is 1.09. The molecule has 0 fully saturated rings. The summed E-state index contributed by atoms with van der Waals surface area (Å²) in [5.41, 5.74) is 18.2. The average molecular weight is 895 g/mol. The van der Waals surface area contributed by atoms with Gasteiger partial charge in [0, 0.05) is 67.0 Å². The molecule has 4 heteroatoms. The van der Waals surface area contributed by atoms with Crippen molar-refractivity contribution in [2.45, 2.75) is 0 Å². The van der Waals surface area contributed by atoms with Crippen LogP contribution in [-0.4, -0.2) is 9.13 Å². The highest BCUT2D eigenvalue weighted by atomic mass is 15.2. The van der Waals surface area contributed by atoms with Gasteiger partial charge in [0.05, 0.1) is 22.1 Å². The van der Waals surface area contributed by atoms with Crippen LogP contribution in [0.5, 0.6) is 0 Å². The average Bonchev–Trinajstić information content (AvgIpc) is 3.95. The number of rotatable bonds is 10. The van der Waals surface area contributed by atoms with Crippen molar-refractivity contribution < 1.29 is 0 Å². The van der Waals surface area contributed by atoms with E-state index in [1.54, 1.807) is 0 Å². The summed E-state index contributed by atoms with van der Waals surface area (Å²) in [5, 5.41) is 4.95. The normalized spacial score (nSPS) is 11.4. The monoisotopic (exact) mass is 894 g/mol. The molecule has 0 aliphatic carbocycles. The Labute approximate surface area is 407 Å². The zero-order chi connectivity index (χ0) is 46.4. The molecule has 0 saturated heterocycles. The minimum atomic E-state index is 1.09. The summed E-state index contributed by atoms with van der Waals surface area (Å²) < 4.78 is 4.77. The van der Waals surface area contributed by atoms with E-state index in [-0.39, 0.29) is 0 Å². The summed E-state index contributed by atoms with van der Waals surface area (Å²) in [7, 11) is 0. The first-order valence-corrected chi connectivity index (χ1v) is 23.9. The van der Waals surface area contributed by atoms with Gasteiger partial charge >= 0.3 is 0 Å². The van der Waals surface area contributed by atoms with Crippen LogP contribution in [0.25, 0.3) is 77.2 Å². The molecule has 0 radical (unpaired) electrons. The molecule has 0 amide bonds. The lowest BCUT2D eigenvalue weighted by Crippen LogP contribution is -2.10. The molecule has 0 aliphatic rings. The summed E-state index contributed by atoms with van der Waals surface area (Å²) in [5.74, 6) is 0. The lowest BCUT2D eigenvalue weighted by molar-refractivity contribution is 1.18. The Morgan fingerprint density at radius 2 is 0.514 bits per heavy atom. The number of fused-ring (bicyclic) bond motifs is 6. The lowest BCUT2D eigenvalue weighted by Gasteiger charge is -2.26. The zero-order valence-electron chi connectivity index (χ0n) is 38.3. The van der Waals surface area contributed by atoms with E-state index in [4.69, 9.17) is 0 Å². The predicted octanol–water partition coefficient (Wildman–Crippen LogP) is 18.2. The van der Waals surface area contributed by atoms with E-state index in [9.17, 15) is 0 Å². The molecule has 0 atom stereocenters. The van der Waals surface area contributed by atoms with Crippen molar-refractivity contribution in [1.82, 2.24) is 9.13 Å². The Balaban J connectivity index is 0.864. The summed E-state index contributed by atoms with van der Waals surface area (Å²) in [6.45, 7) is 0. The van der Waals surface area contributed by atoms with Gasteiger partial charge in [-0.3, -0.25) is 0 Å². The SMILES string of the molecule is c1ccc(N(c2ccc(-c3ccccc3-c3ccc(N(c4ccccc4)c4ccc5c6ccccc6n(-c6ccccc6)c5c4)cc3)cc2)c2ccc3c4ccccc4n(-c4ccccc4)c3c2)cc1. The summed E-state index contributed by atoms with van der Waals surface area (Å²) in [6, 6.07) is 101. The third-order valence-corrected chi connectivity index (χ3v) is 13.7. The first kappa shape index (κ1) is 40.9. The van der Waals surface area contributed by atoms with Crippen LogP contribution in [-0.2, 0) is 0 Å². The van der Waals surface area contributed by atoms with E-state index in [1.165, 1.54) is 54.7 Å². The van der Waals surface area contributed by atoms with Crippen molar-refractivity contribution in [3.8, 4) is 33.6 Å². The molecule has 2 aromatic heterocycles. The van der Waals surface area contributed by atoms with Gasteiger partial charge in [-0.15, -0.1) is 0 Å². The van der Waals surface area contributed by atoms with Gasteiger partial charge in [-0.05, 0) is 131 Å². The molecule has 0 spiro atoms. The Morgan fingerprint density at radius 3 is 0.914 bits per heavy atom. The fourth-order valence-electron chi connectivity index (χ4n) is 10.5. The van der Waals surface area contributed by atoms with Gasteiger partial charge in [-0.2, -0.15) is 0 Å². The molecule has 0 aliphatic heterocycles. The second kappa shape index (κ2) is 17.4. The highest BCUT2D eigenvalue weighted by Gasteiger charge is 2.20. The van der Waals surface area contributed by atoms with E-state index >= 15 is 0 Å². The molecule has 0 saturated carbocycles. The number of benzene rings is 11. The number of hydrogen-bond donors (Lipinski definition) is 0. The van der Waals surface area contributed by atoms with Crippen LogP contribution < -0.4 is 9.80 Å². The maximum absolute atomic E-state index is 2.38. The van der Waals surface area contributed by atoms with Gasteiger partial charge in [0.15, 0.2) is 0 Å². The van der Waals surface area contributed by atoms with Crippen LogP contribution >= 0.6 is 0 Å². The molecule has 330 valence electrons. The smallest absolute Gasteiger partial charge is 0.0561 e. The lowest BCUT2D eigenvalue weighted by atomic mass is 9.94. The fraction of sp³-hybridized carbons (Fsp3) is 0. The quantitative estimate of drug-likeness (QED) is 0.136. The molecule has 0 unspecified atom stereocenters. The topological polar surface area (TPSA) is 16.3 Å². The molecular formula is C66H46N4. The molecular weight excluding hydrogens is 849 g/mol. The molecule has 11 aromatic carbocycles. The second-order valence-corrected chi connectivity index (χ2v) is 17.8. The summed E-state index contributed by atoms with van der Waals surface area (Å²) in [4.78, 5) is 4.72. The van der Waals surface area contributed by atoms with Crippen LogP contribution in [0.1, 0.15) is 0 Å². The van der Waals surface area contributed by atoms with Gasteiger partial charge in [0.1, 0.15) is 0 Å². The van der Waals surface area contributed by atoms with E-state index in [1.807, 2.05) is 0 Å². The maximum atomic E-state index is 2.38. The third-order valence-electron chi connectivity index (χ3n) is 13.7. The molecule has 13 aromatic rings. The van der Waals surface area contributed by atoms with Crippen LogP contribution in [0, 0.1) is 0 Å². The Kier molecular flexibility index (Phi) is 10.1. The molecule has 0 bridgehead atoms. The largest absolute Gasteiger partial charge is 0.310 e. The zero-order valence-corrected chi connectivity index (χ0v) is 38.3. The Hall–Kier alpha value is -9.38. The van der Waals surface area contributed by atoms with Crippen LogP contribution in [0.4, 0.5) is 34.1 Å². The van der Waals surface area contributed by atoms with Gasteiger partial charge in [-0.1, -0.05) is 170 Å². The van der Waals surface area contributed by atoms with Gasteiger partial charge < -0.3 is 18.9 Å². The van der Waals surface area contributed by atoms with Crippen LogP contribution in [0.2, 0.25) is 0 Å². The van der Waals surface area contributed by atoms with Crippen molar-refractivity contribution in [3.63, 3.8) is 0 Å². The summed E-state index contributed by atoms with van der Waals surface area (Å²) in [6.07, 6.45) is 0. The standard InChI is InChI=1S/C66H46N4/c1-5-19-49(20-6-1)67(55-41-43-61-59-29-15-17-31-63(59)69(65(61)45-55)51-23-9-3-10-24-51)53-37-33-47(34-38-53)57-27-13-14-28-58(57)48-35-39-54(40-36-48)68(50-21-7-2-8-22-50)56-42-44-62-60-30-16-18-32-64(60)70(66(62)46-56)52-25-11-4-12-26-52/h1-46H. The van der Waals surface area contributed by atoms with E-state index < -0.39 is 0 Å². The number of para-hydroxylation sites is 6. The number of hydrogen-bond acceptors (Lipinski definition) is 2. The van der Waals surface area contributed by atoms with E-state index in [0.29, 0.717) is 0 Å². The number of anilines is 6. The van der Waals surface area contributed by atoms with Crippen molar-refractivity contribution in [1.29, 1.82) is 0 Å². The van der Waals surface area contributed by atoms with Crippen molar-refractivity contribution in [2.75, 3.05) is 9.80 Å². The Bertz CT molecular complexity index is 3710. The molecule has 70 heavy (non-hydrogen) atoms. The molecule has 0 N–H and O–H groups in total. The first-order valence-electron chi connectivity index (χ1n) is 23.9. The molecule has 13 rings (SSSR count). The fourth-order valence-corrected chi connectivity index (χ4v) is 10.5. The third kappa shape index (κ3) is 7.10. The van der Waals surface area contributed by atoms with E-state index in [0.717, 1.165) is 56.6 Å². The van der Waals surface area contributed by atoms with Gasteiger partial charge in [0.25, 0.3) is 0 Å². The van der Waals surface area contributed by atoms with Crippen molar-refractivity contribution in [2.24, 2.45) is 0 Å². The second-order valence-electron chi connectivity index (χ2n) is 17.8. The Morgan fingerprint density at radius 1 is 0.214 bits per heavy atom. The van der Waals surface area contributed by atoms with Gasteiger partial charge in [-0.25, -0.2) is 0 Å². The number of nitrogens with zero attached hydrogens (tertiary/aromatic N) is 4. The molecule has 2 heterocycles. The van der Waals surface area contributed by atoms with Crippen molar-refractivity contribution in [3.05, 3.63) is 279 Å². The van der Waals surface area contributed by atoms with Crippen LogP contribution in [0.15, 0.2) is 279 Å². The highest BCUT2D eigenvalue weighted by molar-refractivity contribution is 6.11. The minimum Gasteiger partial charge on any atom is -0.310 e. The predicted molar refractivity (Wildman–Crippen MR) is 295 cm³/mol. The van der Waals surface area contributed by atoms with Crippen LogP contribution in [0.3, 0.4) is 0 Å². The maximum Gasteiger partial charge on any atom is 0.0561 e.